The van der Waals surface area contributed by atoms with Gasteiger partial charge in [-0.3, -0.25) is 4.18 Å². The normalized spacial score (nSPS) is 13.0. The highest BCUT2D eigenvalue weighted by atomic mass is 32.2. The largest absolute Gasteiger partial charge is 0.455 e. The summed E-state index contributed by atoms with van der Waals surface area (Å²) in [5.41, 5.74) is 0.869. The van der Waals surface area contributed by atoms with E-state index in [9.17, 15) is 13.2 Å². The second-order valence-electron chi connectivity index (χ2n) is 5.98. The van der Waals surface area contributed by atoms with Crippen LogP contribution in [-0.2, 0) is 32.1 Å². The molecule has 1 aromatic carbocycles. The maximum absolute atomic E-state index is 12.0. The number of carbonyl (C=O) groups is 1. The van der Waals surface area contributed by atoms with E-state index in [1.54, 1.807) is 19.9 Å². The van der Waals surface area contributed by atoms with Crippen LogP contribution in [0.25, 0.3) is 0 Å². The number of rotatable bonds is 8. The van der Waals surface area contributed by atoms with E-state index >= 15 is 0 Å². The summed E-state index contributed by atoms with van der Waals surface area (Å²) >= 11 is 0. The van der Waals surface area contributed by atoms with Gasteiger partial charge in [0.2, 0.25) is 5.76 Å². The fraction of sp³-hybridized carbons (Fsp3) is 0.389. The van der Waals surface area contributed by atoms with Gasteiger partial charge in [0, 0.05) is 6.42 Å². The van der Waals surface area contributed by atoms with Gasteiger partial charge in [0.1, 0.15) is 12.4 Å². The van der Waals surface area contributed by atoms with Gasteiger partial charge in [-0.1, -0.05) is 30.3 Å². The second-order valence-corrected chi connectivity index (χ2v) is 7.96. The van der Waals surface area contributed by atoms with Crippen LogP contribution in [-0.4, -0.2) is 25.7 Å². The lowest BCUT2D eigenvalue weighted by atomic mass is 10.2. The Morgan fingerprint density at radius 1 is 1.08 bits per heavy atom. The van der Waals surface area contributed by atoms with Crippen LogP contribution >= 0.6 is 0 Å². The first-order chi connectivity index (χ1) is 11.8. The Morgan fingerprint density at radius 3 is 2.40 bits per heavy atom. The number of benzene rings is 1. The van der Waals surface area contributed by atoms with Crippen LogP contribution in [0.4, 0.5) is 0 Å². The maximum Gasteiger partial charge on any atom is 0.374 e. The molecule has 2 rings (SSSR count). The number of ether oxygens (including phenoxy) is 1. The standard InChI is InChI=1S/C18H22O6S/c1-13(2)24-25(20,21)14(3)11-16-9-10-17(23-16)18(19)22-12-15-7-5-4-6-8-15/h4-10,13-14H,11-12H2,1-3H3. The quantitative estimate of drug-likeness (QED) is 0.526. The van der Waals surface area contributed by atoms with Gasteiger partial charge in [0.25, 0.3) is 10.1 Å². The van der Waals surface area contributed by atoms with Crippen molar-refractivity contribution in [2.45, 2.75) is 45.2 Å². The van der Waals surface area contributed by atoms with Gasteiger partial charge in [0.15, 0.2) is 0 Å². The molecule has 1 heterocycles. The number of esters is 1. The molecule has 0 amide bonds. The molecule has 0 aliphatic rings. The topological polar surface area (TPSA) is 82.8 Å². The van der Waals surface area contributed by atoms with Crippen molar-refractivity contribution in [1.82, 2.24) is 0 Å². The number of carbonyl (C=O) groups excluding carboxylic acids is 1. The predicted molar refractivity (Wildman–Crippen MR) is 92.6 cm³/mol. The Bertz CT molecular complexity index is 792. The van der Waals surface area contributed by atoms with Crippen molar-refractivity contribution in [1.29, 1.82) is 0 Å². The molecule has 0 saturated carbocycles. The van der Waals surface area contributed by atoms with Crippen molar-refractivity contribution >= 4 is 16.1 Å². The van der Waals surface area contributed by atoms with Crippen molar-refractivity contribution < 1.29 is 26.5 Å². The smallest absolute Gasteiger partial charge is 0.374 e. The summed E-state index contributed by atoms with van der Waals surface area (Å²) in [6.07, 6.45) is -0.311. The lowest BCUT2D eigenvalue weighted by molar-refractivity contribution is 0.0434. The van der Waals surface area contributed by atoms with Gasteiger partial charge >= 0.3 is 5.97 Å². The molecule has 0 aliphatic heterocycles. The Morgan fingerprint density at radius 2 is 1.76 bits per heavy atom. The van der Waals surface area contributed by atoms with E-state index in [0.29, 0.717) is 5.76 Å². The molecule has 1 unspecified atom stereocenters. The minimum Gasteiger partial charge on any atom is -0.455 e. The Labute approximate surface area is 147 Å². The summed E-state index contributed by atoms with van der Waals surface area (Å²) in [5.74, 6) is -0.167. The summed E-state index contributed by atoms with van der Waals surface area (Å²) in [6.45, 7) is 4.98. The van der Waals surface area contributed by atoms with Gasteiger partial charge in [-0.25, -0.2) is 4.79 Å². The van der Waals surface area contributed by atoms with Gasteiger partial charge < -0.3 is 9.15 Å². The predicted octanol–water partition coefficient (Wildman–Crippen LogP) is 3.32. The number of hydrogen-bond acceptors (Lipinski definition) is 6. The van der Waals surface area contributed by atoms with Gasteiger partial charge in [-0.15, -0.1) is 0 Å². The summed E-state index contributed by atoms with van der Waals surface area (Å²) < 4.78 is 39.5. The van der Waals surface area contributed by atoms with Gasteiger partial charge in [-0.05, 0) is 38.5 Å². The number of furan rings is 1. The zero-order valence-electron chi connectivity index (χ0n) is 14.5. The SMILES string of the molecule is CC(C)OS(=O)(=O)C(C)Cc1ccc(C(=O)OCc2ccccc2)o1. The third-order valence-electron chi connectivity index (χ3n) is 3.38. The highest BCUT2D eigenvalue weighted by molar-refractivity contribution is 7.87. The van der Waals surface area contributed by atoms with E-state index in [0.717, 1.165) is 5.56 Å². The molecule has 1 aromatic heterocycles. The Hall–Kier alpha value is -2.12. The third-order valence-corrected chi connectivity index (χ3v) is 5.19. The van der Waals surface area contributed by atoms with Crippen LogP contribution in [0.2, 0.25) is 0 Å². The molecule has 0 N–H and O–H groups in total. The Kier molecular flexibility index (Phi) is 6.39. The lowest BCUT2D eigenvalue weighted by Crippen LogP contribution is -2.25. The van der Waals surface area contributed by atoms with Crippen LogP contribution < -0.4 is 0 Å². The summed E-state index contributed by atoms with van der Waals surface area (Å²) in [6, 6.07) is 12.3. The molecule has 7 heteroatoms. The van der Waals surface area contributed by atoms with E-state index in [2.05, 4.69) is 0 Å². The van der Waals surface area contributed by atoms with E-state index in [1.165, 1.54) is 13.0 Å². The molecule has 0 fully saturated rings. The summed E-state index contributed by atoms with van der Waals surface area (Å²) in [4.78, 5) is 12.0. The average Bonchev–Trinajstić information content (AvgIpc) is 3.01. The fourth-order valence-electron chi connectivity index (χ4n) is 2.14. The van der Waals surface area contributed by atoms with Crippen molar-refractivity contribution in [3.05, 3.63) is 59.5 Å². The molecule has 2 aromatic rings. The molecule has 0 bridgehead atoms. The van der Waals surface area contributed by atoms with Crippen LogP contribution in [0.5, 0.6) is 0 Å². The summed E-state index contributed by atoms with van der Waals surface area (Å²) in [5, 5.41) is -0.783. The van der Waals surface area contributed by atoms with E-state index in [1.807, 2.05) is 30.3 Å². The first-order valence-electron chi connectivity index (χ1n) is 8.00. The maximum atomic E-state index is 12.0. The van der Waals surface area contributed by atoms with Crippen LogP contribution in [0.3, 0.4) is 0 Å². The number of hydrogen-bond donors (Lipinski definition) is 0. The Balaban J connectivity index is 1.94. The van der Waals surface area contributed by atoms with E-state index < -0.39 is 27.4 Å². The monoisotopic (exact) mass is 366 g/mol. The molecule has 0 spiro atoms. The summed E-state index contributed by atoms with van der Waals surface area (Å²) in [7, 11) is -3.69. The highest BCUT2D eigenvalue weighted by Crippen LogP contribution is 2.17. The highest BCUT2D eigenvalue weighted by Gasteiger charge is 2.25. The third kappa shape index (κ3) is 5.72. The van der Waals surface area contributed by atoms with Crippen molar-refractivity contribution in [2.24, 2.45) is 0 Å². The molecular weight excluding hydrogens is 344 g/mol. The van der Waals surface area contributed by atoms with Crippen LogP contribution in [0, 0.1) is 0 Å². The zero-order valence-corrected chi connectivity index (χ0v) is 15.3. The molecule has 1 atom stereocenters. The lowest BCUT2D eigenvalue weighted by Gasteiger charge is -2.13. The molecule has 0 saturated heterocycles. The minimum atomic E-state index is -3.69. The second kappa shape index (κ2) is 8.31. The average molecular weight is 366 g/mol. The van der Waals surface area contributed by atoms with Crippen LogP contribution in [0.1, 0.15) is 42.6 Å². The molecule has 0 radical (unpaired) electrons. The van der Waals surface area contributed by atoms with E-state index in [-0.39, 0.29) is 18.8 Å². The van der Waals surface area contributed by atoms with Crippen molar-refractivity contribution in [2.75, 3.05) is 0 Å². The first kappa shape index (κ1) is 19.2. The van der Waals surface area contributed by atoms with Crippen molar-refractivity contribution in [3.63, 3.8) is 0 Å². The van der Waals surface area contributed by atoms with Crippen LogP contribution in [0.15, 0.2) is 46.9 Å². The van der Waals surface area contributed by atoms with Gasteiger partial charge in [-0.2, -0.15) is 8.42 Å². The minimum absolute atomic E-state index is 0.0420. The first-order valence-corrected chi connectivity index (χ1v) is 9.47. The molecular formula is C18H22O6S. The molecule has 136 valence electrons. The van der Waals surface area contributed by atoms with Gasteiger partial charge in [0.05, 0.1) is 11.4 Å². The molecule has 25 heavy (non-hydrogen) atoms. The zero-order chi connectivity index (χ0) is 18.4. The fourth-order valence-corrected chi connectivity index (χ4v) is 3.23. The molecule has 0 aliphatic carbocycles. The van der Waals surface area contributed by atoms with E-state index in [4.69, 9.17) is 13.3 Å². The van der Waals surface area contributed by atoms with Crippen molar-refractivity contribution in [3.8, 4) is 0 Å². The molecule has 6 nitrogen and oxygen atoms in total.